The van der Waals surface area contributed by atoms with Gasteiger partial charge in [-0.05, 0) is 48.9 Å². The Morgan fingerprint density at radius 2 is 1.80 bits per heavy atom. The van der Waals surface area contributed by atoms with E-state index < -0.39 is 17.1 Å². The maximum atomic E-state index is 13.4. The van der Waals surface area contributed by atoms with Gasteiger partial charge in [0.15, 0.2) is 0 Å². The Morgan fingerprint density at radius 3 is 2.40 bits per heavy atom. The first-order valence-corrected chi connectivity index (χ1v) is 11.1. The third kappa shape index (κ3) is 3.38. The predicted octanol–water partition coefficient (Wildman–Crippen LogP) is 3.93. The van der Waals surface area contributed by atoms with E-state index in [4.69, 9.17) is 10.5 Å². The van der Waals surface area contributed by atoms with Gasteiger partial charge in [-0.1, -0.05) is 39.8 Å². The molecule has 0 bridgehead atoms. The number of benzene rings is 2. The average molecular weight is 484 g/mol. The molecule has 0 saturated carbocycles. The average Bonchev–Trinajstić information content (AvgIpc) is 2.98. The largest absolute Gasteiger partial charge is 0.494 e. The lowest BCUT2D eigenvalue weighted by atomic mass is 9.79. The van der Waals surface area contributed by atoms with Crippen LogP contribution in [-0.2, 0) is 9.59 Å². The van der Waals surface area contributed by atoms with Crippen molar-refractivity contribution in [3.8, 4) is 11.8 Å². The highest BCUT2D eigenvalue weighted by Crippen LogP contribution is 2.50. The number of amides is 2. The molecule has 2 amide bonds. The van der Waals surface area contributed by atoms with Crippen molar-refractivity contribution in [2.45, 2.75) is 18.1 Å². The fourth-order valence-electron chi connectivity index (χ4n) is 3.92. The lowest BCUT2D eigenvalue weighted by Crippen LogP contribution is -2.33. The summed E-state index contributed by atoms with van der Waals surface area (Å²) in [7, 11) is 0. The van der Waals surface area contributed by atoms with Crippen LogP contribution < -0.4 is 15.4 Å². The smallest absolute Gasteiger partial charge is 0.248 e. The minimum atomic E-state index is -0.703. The molecule has 8 heteroatoms. The molecule has 152 valence electrons. The number of nitrogens with two attached hydrogens (primary N) is 1. The Bertz CT molecular complexity index is 1080. The van der Waals surface area contributed by atoms with Gasteiger partial charge in [0, 0.05) is 10.4 Å². The van der Waals surface area contributed by atoms with E-state index in [9.17, 15) is 14.9 Å². The molecule has 30 heavy (non-hydrogen) atoms. The highest BCUT2D eigenvalue weighted by molar-refractivity contribution is 9.10. The summed E-state index contributed by atoms with van der Waals surface area (Å²) in [5.74, 6) is -1.23. The zero-order valence-electron chi connectivity index (χ0n) is 16.0. The van der Waals surface area contributed by atoms with Crippen molar-refractivity contribution in [1.29, 1.82) is 5.26 Å². The number of rotatable bonds is 4. The first-order chi connectivity index (χ1) is 14.5. The van der Waals surface area contributed by atoms with E-state index in [0.717, 1.165) is 21.8 Å². The fourth-order valence-corrected chi connectivity index (χ4v) is 5.39. The van der Waals surface area contributed by atoms with Crippen LogP contribution >= 0.6 is 27.7 Å². The summed E-state index contributed by atoms with van der Waals surface area (Å²) in [6.45, 7) is 2.43. The molecule has 2 aromatic rings. The molecule has 0 aromatic heterocycles. The quantitative estimate of drug-likeness (QED) is 0.661. The van der Waals surface area contributed by atoms with Gasteiger partial charge in [-0.3, -0.25) is 9.59 Å². The molecule has 1 fully saturated rings. The van der Waals surface area contributed by atoms with E-state index in [0.29, 0.717) is 23.6 Å². The van der Waals surface area contributed by atoms with Crippen molar-refractivity contribution in [3.05, 3.63) is 69.2 Å². The monoisotopic (exact) mass is 483 g/mol. The Labute approximate surface area is 186 Å². The lowest BCUT2D eigenvalue weighted by Gasteiger charge is -2.30. The van der Waals surface area contributed by atoms with Crippen LogP contribution in [0.3, 0.4) is 0 Å². The fraction of sp³-hybridized carbons (Fsp3) is 0.227. The molecule has 2 aromatic carbocycles. The zero-order chi connectivity index (χ0) is 21.4. The van der Waals surface area contributed by atoms with Crippen LogP contribution in [0.2, 0.25) is 0 Å². The number of hydrogen-bond donors (Lipinski definition) is 1. The van der Waals surface area contributed by atoms with Gasteiger partial charge in [-0.25, -0.2) is 4.90 Å². The molecule has 3 atom stereocenters. The molecular weight excluding hydrogens is 466 g/mol. The lowest BCUT2D eigenvalue weighted by molar-refractivity contribution is -0.122. The van der Waals surface area contributed by atoms with E-state index in [1.807, 2.05) is 19.1 Å². The number of carbonyl (C=O) groups excluding carboxylic acids is 2. The molecular formula is C22H18BrN3O3S. The second kappa shape index (κ2) is 8.17. The van der Waals surface area contributed by atoms with Crippen molar-refractivity contribution in [3.63, 3.8) is 0 Å². The molecule has 4 rings (SSSR count). The van der Waals surface area contributed by atoms with Gasteiger partial charge in [-0.2, -0.15) is 5.26 Å². The normalized spacial score (nSPS) is 23.4. The third-order valence-electron chi connectivity index (χ3n) is 5.24. The van der Waals surface area contributed by atoms with Crippen molar-refractivity contribution >= 4 is 45.2 Å². The number of nitrogens with zero attached hydrogens (tertiary/aromatic N) is 2. The van der Waals surface area contributed by atoms with Crippen molar-refractivity contribution < 1.29 is 14.3 Å². The Balaban J connectivity index is 1.77. The number of hydrogen-bond acceptors (Lipinski definition) is 6. The van der Waals surface area contributed by atoms with E-state index in [2.05, 4.69) is 22.0 Å². The van der Waals surface area contributed by atoms with E-state index in [1.165, 1.54) is 4.90 Å². The number of allylic oxidation sites excluding steroid dienone is 1. The summed E-state index contributed by atoms with van der Waals surface area (Å²) in [5.41, 5.74) is 7.75. The van der Waals surface area contributed by atoms with Gasteiger partial charge in [-0.15, -0.1) is 0 Å². The summed E-state index contributed by atoms with van der Waals surface area (Å²) in [5, 5.41) is 9.39. The molecule has 0 spiro atoms. The van der Waals surface area contributed by atoms with E-state index in [1.54, 1.807) is 36.4 Å². The molecule has 2 heterocycles. The van der Waals surface area contributed by atoms with Gasteiger partial charge in [0.25, 0.3) is 0 Å². The van der Waals surface area contributed by atoms with E-state index in [-0.39, 0.29) is 16.8 Å². The van der Waals surface area contributed by atoms with Crippen molar-refractivity contribution in [1.82, 2.24) is 0 Å². The molecule has 0 radical (unpaired) electrons. The molecule has 6 nitrogen and oxygen atoms in total. The molecule has 0 aliphatic carbocycles. The Hall–Kier alpha value is -2.76. The molecule has 2 aliphatic rings. The second-order valence-electron chi connectivity index (χ2n) is 6.92. The van der Waals surface area contributed by atoms with Crippen LogP contribution in [-0.4, -0.2) is 23.7 Å². The molecule has 1 saturated heterocycles. The summed E-state index contributed by atoms with van der Waals surface area (Å²) in [6.07, 6.45) is 0. The standard InChI is InChI=1S/C22H18BrN3O3S/c1-2-29-15-9-3-12(4-10-15)17-16(11-24)20(25)30-19-18(17)21(27)26(22(19)28)14-7-5-13(23)6-8-14/h3-10,17-19H,2,25H2,1H3/t17-,18+,19+/m1/s1. The molecule has 0 unspecified atom stereocenters. The van der Waals surface area contributed by atoms with Gasteiger partial charge in [0.1, 0.15) is 11.0 Å². The third-order valence-corrected chi connectivity index (χ3v) is 6.99. The minimum Gasteiger partial charge on any atom is -0.494 e. The van der Waals surface area contributed by atoms with Gasteiger partial charge in [0.05, 0.1) is 34.9 Å². The van der Waals surface area contributed by atoms with Crippen LogP contribution in [0.1, 0.15) is 18.4 Å². The highest BCUT2D eigenvalue weighted by Gasteiger charge is 2.56. The van der Waals surface area contributed by atoms with Gasteiger partial charge >= 0.3 is 0 Å². The summed E-state index contributed by atoms with van der Waals surface area (Å²) < 4.78 is 6.34. The zero-order valence-corrected chi connectivity index (χ0v) is 18.4. The first kappa shape index (κ1) is 20.5. The molecule has 2 N–H and O–H groups in total. The van der Waals surface area contributed by atoms with Crippen LogP contribution in [0.25, 0.3) is 0 Å². The SMILES string of the molecule is CCOc1ccc([C@@H]2C(C#N)=C(N)S[C@@H]3C(=O)N(c4ccc(Br)cc4)C(=O)[C@H]32)cc1. The van der Waals surface area contributed by atoms with E-state index >= 15 is 0 Å². The van der Waals surface area contributed by atoms with Crippen molar-refractivity contribution in [2.24, 2.45) is 11.7 Å². The van der Waals surface area contributed by atoms with Gasteiger partial charge in [0.2, 0.25) is 11.8 Å². The number of imide groups is 1. The first-order valence-electron chi connectivity index (χ1n) is 9.38. The molecule has 2 aliphatic heterocycles. The number of fused-ring (bicyclic) bond motifs is 1. The highest BCUT2D eigenvalue weighted by atomic mass is 79.9. The number of thioether (sulfide) groups is 1. The number of halogens is 1. The number of carbonyl (C=O) groups is 2. The number of ether oxygens (including phenoxy) is 1. The summed E-state index contributed by atoms with van der Waals surface area (Å²) in [6, 6.07) is 16.4. The predicted molar refractivity (Wildman–Crippen MR) is 119 cm³/mol. The van der Waals surface area contributed by atoms with Crippen LogP contribution in [0, 0.1) is 17.2 Å². The number of nitriles is 1. The van der Waals surface area contributed by atoms with Crippen molar-refractivity contribution in [2.75, 3.05) is 11.5 Å². The maximum absolute atomic E-state index is 13.4. The Kier molecular flexibility index (Phi) is 5.58. The summed E-state index contributed by atoms with van der Waals surface area (Å²) >= 11 is 4.47. The van der Waals surface area contributed by atoms with Crippen LogP contribution in [0.4, 0.5) is 5.69 Å². The Morgan fingerprint density at radius 1 is 1.13 bits per heavy atom. The summed E-state index contributed by atoms with van der Waals surface area (Å²) in [4.78, 5) is 27.8. The second-order valence-corrected chi connectivity index (χ2v) is 9.02. The minimum absolute atomic E-state index is 0.288. The van der Waals surface area contributed by atoms with Crippen LogP contribution in [0.5, 0.6) is 5.75 Å². The van der Waals surface area contributed by atoms with Crippen LogP contribution in [0.15, 0.2) is 63.6 Å². The topological polar surface area (TPSA) is 96.4 Å². The number of anilines is 1. The maximum Gasteiger partial charge on any atom is 0.248 e. The van der Waals surface area contributed by atoms with Gasteiger partial charge < -0.3 is 10.5 Å².